The number of amides is 1. The summed E-state index contributed by atoms with van der Waals surface area (Å²) in [4.78, 5) is 20.9. The number of nitrogens with one attached hydrogen (secondary N) is 1. The molecular weight excluding hydrogens is 651 g/mol. The van der Waals surface area contributed by atoms with Crippen molar-refractivity contribution in [3.63, 3.8) is 0 Å². The number of benzene rings is 2. The number of halogens is 10. The first kappa shape index (κ1) is 32.9. The first-order valence-electron chi connectivity index (χ1n) is 12.1. The molecule has 0 spiro atoms. The van der Waals surface area contributed by atoms with Gasteiger partial charge in [0, 0.05) is 32.0 Å². The van der Waals surface area contributed by atoms with E-state index in [1.54, 1.807) is 6.92 Å². The number of anilines is 1. The molecule has 228 valence electrons. The lowest BCUT2D eigenvalue weighted by atomic mass is 9.99. The summed E-state index contributed by atoms with van der Waals surface area (Å²) in [6.07, 6.45) is -13.1. The third kappa shape index (κ3) is 9.22. The largest absolute Gasteiger partial charge is 0.450 e. The Hall–Kier alpha value is -3.56. The van der Waals surface area contributed by atoms with Crippen LogP contribution in [0.5, 0.6) is 0 Å². The first-order valence-corrected chi connectivity index (χ1v) is 12.9. The van der Waals surface area contributed by atoms with Crippen LogP contribution in [0.15, 0.2) is 53.3 Å². The SMILES string of the molecule is CCOC(=O)NCCc1ccc(C(F)(F)F)cc1CN(Cc1cc(C(F)(F)F)cc(C(F)(F)F)c1)c1ncc(Br)cn1. The lowest BCUT2D eigenvalue weighted by Crippen LogP contribution is -2.28. The molecule has 0 radical (unpaired) electrons. The van der Waals surface area contributed by atoms with E-state index in [1.807, 2.05) is 0 Å². The van der Waals surface area contributed by atoms with E-state index in [9.17, 15) is 44.3 Å². The van der Waals surface area contributed by atoms with Gasteiger partial charge in [0.1, 0.15) is 0 Å². The van der Waals surface area contributed by atoms with Gasteiger partial charge in [-0.2, -0.15) is 39.5 Å². The van der Waals surface area contributed by atoms with E-state index >= 15 is 0 Å². The van der Waals surface area contributed by atoms with E-state index in [1.165, 1.54) is 18.5 Å². The number of carbonyl (C=O) groups is 1. The van der Waals surface area contributed by atoms with Gasteiger partial charge in [-0.1, -0.05) is 6.07 Å². The van der Waals surface area contributed by atoms with Crippen LogP contribution in [-0.4, -0.2) is 29.2 Å². The number of hydrogen-bond donors (Lipinski definition) is 1. The molecule has 1 N–H and O–H groups in total. The number of ether oxygens (including phenoxy) is 1. The molecule has 16 heteroatoms. The minimum atomic E-state index is -5.10. The molecule has 1 heterocycles. The predicted octanol–water partition coefficient (Wildman–Crippen LogP) is 7.79. The van der Waals surface area contributed by atoms with Crippen LogP contribution in [-0.2, 0) is 42.8 Å². The zero-order valence-corrected chi connectivity index (χ0v) is 23.2. The lowest BCUT2D eigenvalue weighted by Gasteiger charge is -2.26. The minimum Gasteiger partial charge on any atom is -0.450 e. The molecule has 0 aliphatic heterocycles. The van der Waals surface area contributed by atoms with Gasteiger partial charge >= 0.3 is 24.6 Å². The van der Waals surface area contributed by atoms with Gasteiger partial charge in [0.25, 0.3) is 0 Å². The Kier molecular flexibility index (Phi) is 10.3. The molecular formula is C26H22BrF9N4O2. The number of nitrogens with zero attached hydrogens (tertiary/aromatic N) is 3. The van der Waals surface area contributed by atoms with Gasteiger partial charge in [-0.15, -0.1) is 0 Å². The third-order valence-electron chi connectivity index (χ3n) is 5.74. The molecule has 2 aromatic carbocycles. The van der Waals surface area contributed by atoms with Crippen molar-refractivity contribution in [2.75, 3.05) is 18.1 Å². The average molecular weight is 673 g/mol. The van der Waals surface area contributed by atoms with E-state index in [0.29, 0.717) is 22.2 Å². The second kappa shape index (κ2) is 13.2. The van der Waals surface area contributed by atoms with Crippen LogP contribution in [0.25, 0.3) is 0 Å². The Bertz CT molecular complexity index is 1350. The highest BCUT2D eigenvalue weighted by Gasteiger charge is 2.37. The maximum atomic E-state index is 13.6. The fraction of sp³-hybridized carbons (Fsp3) is 0.346. The molecule has 0 fully saturated rings. The fourth-order valence-corrected chi connectivity index (χ4v) is 4.08. The molecule has 0 aliphatic rings. The van der Waals surface area contributed by atoms with Crippen LogP contribution < -0.4 is 10.2 Å². The Balaban J connectivity index is 2.06. The van der Waals surface area contributed by atoms with Crippen molar-refractivity contribution >= 4 is 28.0 Å². The quantitative estimate of drug-likeness (QED) is 0.235. The van der Waals surface area contributed by atoms with Crippen molar-refractivity contribution in [3.05, 3.63) is 86.6 Å². The Morgan fingerprint density at radius 1 is 0.833 bits per heavy atom. The van der Waals surface area contributed by atoms with Crippen LogP contribution in [0.3, 0.4) is 0 Å². The maximum Gasteiger partial charge on any atom is 0.416 e. The molecule has 3 rings (SSSR count). The van der Waals surface area contributed by atoms with Gasteiger partial charge in [-0.05, 0) is 76.3 Å². The number of aromatic nitrogens is 2. The van der Waals surface area contributed by atoms with Crippen molar-refractivity contribution < 1.29 is 49.0 Å². The highest BCUT2D eigenvalue weighted by atomic mass is 79.9. The van der Waals surface area contributed by atoms with Crippen LogP contribution in [0.4, 0.5) is 50.3 Å². The first-order chi connectivity index (χ1) is 19.5. The van der Waals surface area contributed by atoms with Gasteiger partial charge in [0.15, 0.2) is 0 Å². The highest BCUT2D eigenvalue weighted by molar-refractivity contribution is 9.10. The molecule has 42 heavy (non-hydrogen) atoms. The molecule has 1 amide bonds. The summed E-state index contributed by atoms with van der Waals surface area (Å²) in [5.74, 6) is -0.169. The number of hydrogen-bond acceptors (Lipinski definition) is 5. The summed E-state index contributed by atoms with van der Waals surface area (Å²) >= 11 is 3.12. The van der Waals surface area contributed by atoms with Gasteiger partial charge in [0.05, 0.1) is 27.8 Å². The molecule has 0 unspecified atom stereocenters. The molecule has 1 aromatic heterocycles. The van der Waals surface area contributed by atoms with Crippen molar-refractivity contribution in [1.82, 2.24) is 15.3 Å². The Morgan fingerprint density at radius 3 is 1.93 bits per heavy atom. The second-order valence-corrected chi connectivity index (χ2v) is 9.77. The number of alkyl halides is 9. The molecule has 0 saturated carbocycles. The van der Waals surface area contributed by atoms with Crippen molar-refractivity contribution in [2.45, 2.75) is 45.0 Å². The predicted molar refractivity (Wildman–Crippen MR) is 136 cm³/mol. The van der Waals surface area contributed by atoms with Crippen molar-refractivity contribution in [1.29, 1.82) is 0 Å². The van der Waals surface area contributed by atoms with Gasteiger partial charge in [-0.25, -0.2) is 14.8 Å². The molecule has 0 atom stereocenters. The molecule has 0 aliphatic carbocycles. The topological polar surface area (TPSA) is 67.3 Å². The summed E-state index contributed by atoms with van der Waals surface area (Å²) in [5.41, 5.74) is -4.20. The summed E-state index contributed by atoms with van der Waals surface area (Å²) in [6, 6.07) is 3.85. The van der Waals surface area contributed by atoms with Crippen LogP contribution in [0, 0.1) is 0 Å². The van der Waals surface area contributed by atoms with Gasteiger partial charge in [0.2, 0.25) is 5.95 Å². The van der Waals surface area contributed by atoms with E-state index in [2.05, 4.69) is 31.2 Å². The zero-order valence-electron chi connectivity index (χ0n) is 21.6. The summed E-state index contributed by atoms with van der Waals surface area (Å²) < 4.78 is 127. The molecule has 6 nitrogen and oxygen atoms in total. The third-order valence-corrected chi connectivity index (χ3v) is 6.15. The van der Waals surface area contributed by atoms with Crippen molar-refractivity contribution in [3.8, 4) is 0 Å². The minimum absolute atomic E-state index is 0.0224. The lowest BCUT2D eigenvalue weighted by molar-refractivity contribution is -0.143. The summed E-state index contributed by atoms with van der Waals surface area (Å²) in [6.45, 7) is 0.581. The normalized spacial score (nSPS) is 12.3. The average Bonchev–Trinajstić information content (AvgIpc) is 2.88. The van der Waals surface area contributed by atoms with E-state index in [0.717, 1.165) is 17.0 Å². The fourth-order valence-electron chi connectivity index (χ4n) is 3.88. The molecule has 3 aromatic rings. The zero-order chi connectivity index (χ0) is 31.3. The molecule has 0 saturated heterocycles. The molecule has 0 bridgehead atoms. The van der Waals surface area contributed by atoms with Gasteiger partial charge < -0.3 is 15.0 Å². The Labute approximate surface area is 242 Å². The standard InChI is InChI=1S/C26H22BrF9N4O2/c1-2-42-23(41)37-6-5-16-3-4-18(24(28,29)30)9-17(16)14-40(22-38-11-21(27)12-39-22)13-15-7-19(25(31,32)33)10-20(8-15)26(34,35)36/h3-4,7-12H,2,5-6,13-14H2,1H3,(H,37,41). The van der Waals surface area contributed by atoms with Crippen LogP contribution in [0.2, 0.25) is 0 Å². The Morgan fingerprint density at radius 2 is 1.40 bits per heavy atom. The smallest absolute Gasteiger partial charge is 0.416 e. The number of carbonyl (C=O) groups excluding carboxylic acids is 1. The summed E-state index contributed by atoms with van der Waals surface area (Å²) in [5, 5.41) is 2.44. The van der Waals surface area contributed by atoms with E-state index in [4.69, 9.17) is 4.74 Å². The van der Waals surface area contributed by atoms with Crippen molar-refractivity contribution in [2.24, 2.45) is 0 Å². The van der Waals surface area contributed by atoms with Gasteiger partial charge in [-0.3, -0.25) is 0 Å². The van der Waals surface area contributed by atoms with Crippen LogP contribution in [0.1, 0.15) is 40.3 Å². The second-order valence-electron chi connectivity index (χ2n) is 8.85. The van der Waals surface area contributed by atoms with E-state index in [-0.39, 0.29) is 37.2 Å². The number of alkyl carbamates (subject to hydrolysis) is 1. The van der Waals surface area contributed by atoms with Crippen LogP contribution >= 0.6 is 15.9 Å². The maximum absolute atomic E-state index is 13.6. The highest BCUT2D eigenvalue weighted by Crippen LogP contribution is 2.37. The monoisotopic (exact) mass is 672 g/mol. The van der Waals surface area contributed by atoms with E-state index < -0.39 is 60.0 Å². The summed E-state index contributed by atoms with van der Waals surface area (Å²) in [7, 11) is 0. The number of rotatable bonds is 9.